The number of nitrogens with zero attached hydrogens (tertiary/aromatic N) is 1. The Kier molecular flexibility index (Phi) is 3.99. The fourth-order valence-corrected chi connectivity index (χ4v) is 1.66. The Morgan fingerprint density at radius 3 is 2.65 bits per heavy atom. The molecule has 0 unspecified atom stereocenters. The van der Waals surface area contributed by atoms with Crippen LogP contribution in [0.3, 0.4) is 0 Å². The SMILES string of the molecule is COC(=O)Cc1ccc(Nc2[nH]ncc2C(N)=O)cc1. The summed E-state index contributed by atoms with van der Waals surface area (Å²) < 4.78 is 4.59. The van der Waals surface area contributed by atoms with Gasteiger partial charge in [-0.2, -0.15) is 5.10 Å². The van der Waals surface area contributed by atoms with Crippen molar-refractivity contribution in [2.24, 2.45) is 5.73 Å². The van der Waals surface area contributed by atoms with Crippen molar-refractivity contribution in [1.82, 2.24) is 10.2 Å². The molecular formula is C13H14N4O3. The van der Waals surface area contributed by atoms with Gasteiger partial charge in [0.25, 0.3) is 5.91 Å². The van der Waals surface area contributed by atoms with E-state index >= 15 is 0 Å². The number of ether oxygens (including phenoxy) is 1. The molecule has 0 aliphatic carbocycles. The van der Waals surface area contributed by atoms with Gasteiger partial charge in [0.05, 0.1) is 19.7 Å². The van der Waals surface area contributed by atoms with Gasteiger partial charge in [0.2, 0.25) is 0 Å². The number of hydrogen-bond donors (Lipinski definition) is 3. The van der Waals surface area contributed by atoms with Crippen LogP contribution in [0.1, 0.15) is 15.9 Å². The minimum absolute atomic E-state index is 0.216. The first-order valence-corrected chi connectivity index (χ1v) is 5.86. The van der Waals surface area contributed by atoms with Gasteiger partial charge in [-0.25, -0.2) is 0 Å². The second-order valence-corrected chi connectivity index (χ2v) is 4.10. The third kappa shape index (κ3) is 3.14. The smallest absolute Gasteiger partial charge is 0.309 e. The number of nitrogens with two attached hydrogens (primary N) is 1. The highest BCUT2D eigenvalue weighted by Crippen LogP contribution is 2.18. The van der Waals surface area contributed by atoms with E-state index in [0.29, 0.717) is 5.82 Å². The fraction of sp³-hybridized carbons (Fsp3) is 0.154. The number of nitrogens with one attached hydrogen (secondary N) is 2. The summed E-state index contributed by atoms with van der Waals surface area (Å²) in [6.07, 6.45) is 1.57. The van der Waals surface area contributed by atoms with E-state index in [9.17, 15) is 9.59 Å². The number of rotatable bonds is 5. The zero-order valence-electron chi connectivity index (χ0n) is 10.8. The highest BCUT2D eigenvalue weighted by Gasteiger charge is 2.10. The number of H-pyrrole nitrogens is 1. The summed E-state index contributed by atoms with van der Waals surface area (Å²) in [6, 6.07) is 7.15. The zero-order valence-corrected chi connectivity index (χ0v) is 10.8. The van der Waals surface area contributed by atoms with Crippen molar-refractivity contribution in [2.75, 3.05) is 12.4 Å². The van der Waals surface area contributed by atoms with Gasteiger partial charge in [-0.1, -0.05) is 12.1 Å². The van der Waals surface area contributed by atoms with Crippen LogP contribution in [0.25, 0.3) is 0 Å². The molecule has 1 amide bonds. The predicted molar refractivity (Wildman–Crippen MR) is 72.6 cm³/mol. The molecule has 0 saturated heterocycles. The van der Waals surface area contributed by atoms with Crippen molar-refractivity contribution in [3.63, 3.8) is 0 Å². The van der Waals surface area contributed by atoms with Gasteiger partial charge in [-0.15, -0.1) is 0 Å². The number of carbonyl (C=O) groups excluding carboxylic acids is 2. The van der Waals surface area contributed by atoms with Crippen molar-refractivity contribution in [1.29, 1.82) is 0 Å². The van der Waals surface area contributed by atoms with Crippen LogP contribution in [0.15, 0.2) is 30.5 Å². The van der Waals surface area contributed by atoms with Crippen LogP contribution in [-0.4, -0.2) is 29.2 Å². The Bertz CT molecular complexity index is 619. The summed E-state index contributed by atoms with van der Waals surface area (Å²) in [7, 11) is 1.35. The molecular weight excluding hydrogens is 260 g/mol. The molecule has 2 aromatic rings. The maximum Gasteiger partial charge on any atom is 0.309 e. The average molecular weight is 274 g/mol. The average Bonchev–Trinajstić information content (AvgIpc) is 2.89. The topological polar surface area (TPSA) is 110 Å². The molecule has 1 aromatic heterocycles. The monoisotopic (exact) mass is 274 g/mol. The molecule has 7 nitrogen and oxygen atoms in total. The first kappa shape index (κ1) is 13.6. The zero-order chi connectivity index (χ0) is 14.5. The number of benzene rings is 1. The molecule has 1 aromatic carbocycles. The molecule has 7 heteroatoms. The summed E-state index contributed by atoms with van der Waals surface area (Å²) >= 11 is 0. The highest BCUT2D eigenvalue weighted by molar-refractivity contribution is 5.98. The van der Waals surface area contributed by atoms with Crippen LogP contribution in [0.2, 0.25) is 0 Å². The van der Waals surface area contributed by atoms with Gasteiger partial charge in [0.15, 0.2) is 0 Å². The summed E-state index contributed by atoms with van der Waals surface area (Å²) in [5.41, 5.74) is 7.07. The van der Waals surface area contributed by atoms with E-state index in [1.165, 1.54) is 13.3 Å². The van der Waals surface area contributed by atoms with E-state index < -0.39 is 5.91 Å². The molecule has 20 heavy (non-hydrogen) atoms. The van der Waals surface area contributed by atoms with Crippen LogP contribution in [0, 0.1) is 0 Å². The first-order valence-electron chi connectivity index (χ1n) is 5.86. The molecule has 0 spiro atoms. The Morgan fingerprint density at radius 1 is 1.35 bits per heavy atom. The Hall–Kier alpha value is -2.83. The Balaban J connectivity index is 2.09. The van der Waals surface area contributed by atoms with Gasteiger partial charge in [0, 0.05) is 5.69 Å². The number of aromatic nitrogens is 2. The maximum absolute atomic E-state index is 11.2. The summed E-state index contributed by atoms with van der Waals surface area (Å²) in [5.74, 6) is -0.433. The third-order valence-corrected chi connectivity index (χ3v) is 2.70. The molecule has 1 heterocycles. The molecule has 104 valence electrons. The first-order chi connectivity index (χ1) is 9.60. The van der Waals surface area contributed by atoms with Crippen molar-refractivity contribution in [3.05, 3.63) is 41.6 Å². The number of primary amides is 1. The molecule has 0 bridgehead atoms. The number of hydrogen-bond acceptors (Lipinski definition) is 5. The lowest BCUT2D eigenvalue weighted by atomic mass is 10.1. The molecule has 0 atom stereocenters. The molecule has 0 aliphatic heterocycles. The van der Waals surface area contributed by atoms with Crippen LogP contribution in [0.5, 0.6) is 0 Å². The number of aromatic amines is 1. The summed E-state index contributed by atoms with van der Waals surface area (Å²) in [6.45, 7) is 0. The molecule has 0 saturated carbocycles. The molecule has 0 radical (unpaired) electrons. The number of anilines is 2. The normalized spacial score (nSPS) is 10.1. The lowest BCUT2D eigenvalue weighted by Crippen LogP contribution is -2.12. The van der Waals surface area contributed by atoms with Gasteiger partial charge in [-0.3, -0.25) is 14.7 Å². The maximum atomic E-state index is 11.2. The van der Waals surface area contributed by atoms with E-state index in [1.54, 1.807) is 24.3 Å². The van der Waals surface area contributed by atoms with Crippen LogP contribution in [0.4, 0.5) is 11.5 Å². The largest absolute Gasteiger partial charge is 0.469 e. The van der Waals surface area contributed by atoms with E-state index in [-0.39, 0.29) is 18.0 Å². The van der Waals surface area contributed by atoms with Crippen molar-refractivity contribution < 1.29 is 14.3 Å². The van der Waals surface area contributed by atoms with Gasteiger partial charge >= 0.3 is 5.97 Å². The van der Waals surface area contributed by atoms with Crippen molar-refractivity contribution in [2.45, 2.75) is 6.42 Å². The Morgan fingerprint density at radius 2 is 2.05 bits per heavy atom. The minimum Gasteiger partial charge on any atom is -0.469 e. The van der Waals surface area contributed by atoms with E-state index in [4.69, 9.17) is 5.73 Å². The standard InChI is InChI=1S/C13H14N4O3/c1-20-11(18)6-8-2-4-9(5-3-8)16-13-10(12(14)19)7-15-17-13/h2-5,7H,6H2,1H3,(H2,14,19)(H2,15,16,17). The highest BCUT2D eigenvalue weighted by atomic mass is 16.5. The van der Waals surface area contributed by atoms with E-state index in [2.05, 4.69) is 20.3 Å². The summed E-state index contributed by atoms with van der Waals surface area (Å²) in [4.78, 5) is 22.3. The van der Waals surface area contributed by atoms with Crippen molar-refractivity contribution >= 4 is 23.4 Å². The van der Waals surface area contributed by atoms with Crippen LogP contribution < -0.4 is 11.1 Å². The quantitative estimate of drug-likeness (QED) is 0.703. The molecule has 0 aliphatic rings. The number of esters is 1. The van der Waals surface area contributed by atoms with Gasteiger partial charge < -0.3 is 15.8 Å². The number of amides is 1. The van der Waals surface area contributed by atoms with Crippen LogP contribution >= 0.6 is 0 Å². The van der Waals surface area contributed by atoms with Gasteiger partial charge in [-0.05, 0) is 17.7 Å². The van der Waals surface area contributed by atoms with E-state index in [0.717, 1.165) is 11.3 Å². The number of methoxy groups -OCH3 is 1. The van der Waals surface area contributed by atoms with Crippen LogP contribution in [-0.2, 0) is 16.0 Å². The van der Waals surface area contributed by atoms with E-state index in [1.807, 2.05) is 0 Å². The third-order valence-electron chi connectivity index (χ3n) is 2.70. The van der Waals surface area contributed by atoms with Crippen molar-refractivity contribution in [3.8, 4) is 0 Å². The second kappa shape index (κ2) is 5.87. The second-order valence-electron chi connectivity index (χ2n) is 4.10. The minimum atomic E-state index is -0.566. The predicted octanol–water partition coefficient (Wildman–Crippen LogP) is 0.968. The Labute approximate surface area is 115 Å². The summed E-state index contributed by atoms with van der Waals surface area (Å²) in [5, 5.41) is 9.41. The molecule has 0 fully saturated rings. The number of carbonyl (C=O) groups is 2. The lowest BCUT2D eigenvalue weighted by Gasteiger charge is -2.06. The fourth-order valence-electron chi connectivity index (χ4n) is 1.66. The molecule has 4 N–H and O–H groups in total. The molecule has 2 rings (SSSR count). The van der Waals surface area contributed by atoms with Gasteiger partial charge in [0.1, 0.15) is 11.4 Å². The lowest BCUT2D eigenvalue weighted by molar-refractivity contribution is -0.139.